The fourth-order valence-electron chi connectivity index (χ4n) is 3.47. The lowest BCUT2D eigenvalue weighted by Gasteiger charge is -2.33. The van der Waals surface area contributed by atoms with E-state index in [0.29, 0.717) is 12.0 Å². The van der Waals surface area contributed by atoms with Crippen LogP contribution in [0.4, 0.5) is 0 Å². The SMILES string of the molecule is CC1CCC(n2c(=S)[nH]c3cc(I)ccc32)C(C)C1. The highest BCUT2D eigenvalue weighted by atomic mass is 127. The molecule has 0 amide bonds. The number of benzene rings is 1. The van der Waals surface area contributed by atoms with E-state index in [0.717, 1.165) is 10.7 Å². The molecule has 0 saturated heterocycles. The smallest absolute Gasteiger partial charge is 0.178 e. The van der Waals surface area contributed by atoms with Crippen LogP contribution in [-0.2, 0) is 0 Å². The monoisotopic (exact) mass is 386 g/mol. The first-order valence-corrected chi connectivity index (χ1v) is 8.44. The number of hydrogen-bond donors (Lipinski definition) is 1. The summed E-state index contributed by atoms with van der Waals surface area (Å²) in [7, 11) is 0. The maximum absolute atomic E-state index is 5.56. The van der Waals surface area contributed by atoms with Gasteiger partial charge in [0, 0.05) is 9.61 Å². The Labute approximate surface area is 132 Å². The first-order chi connectivity index (χ1) is 9.06. The Hall–Kier alpha value is -0.360. The summed E-state index contributed by atoms with van der Waals surface area (Å²) in [5.41, 5.74) is 2.43. The maximum atomic E-state index is 5.56. The van der Waals surface area contributed by atoms with Gasteiger partial charge in [0.2, 0.25) is 0 Å². The number of hydrogen-bond acceptors (Lipinski definition) is 1. The Morgan fingerprint density at radius 2 is 2.11 bits per heavy atom. The summed E-state index contributed by atoms with van der Waals surface area (Å²) in [6.45, 7) is 4.73. The second kappa shape index (κ2) is 5.20. The van der Waals surface area contributed by atoms with Gasteiger partial charge in [-0.15, -0.1) is 0 Å². The second-order valence-corrected chi connectivity index (χ2v) is 7.56. The number of aromatic nitrogens is 2. The van der Waals surface area contributed by atoms with Crippen LogP contribution in [0.25, 0.3) is 11.0 Å². The molecule has 3 unspecified atom stereocenters. The van der Waals surface area contributed by atoms with Gasteiger partial charge < -0.3 is 9.55 Å². The van der Waals surface area contributed by atoms with Crippen molar-refractivity contribution < 1.29 is 0 Å². The average molecular weight is 386 g/mol. The third-order valence-electron chi connectivity index (χ3n) is 4.40. The van der Waals surface area contributed by atoms with Gasteiger partial charge in [-0.2, -0.15) is 0 Å². The third kappa shape index (κ3) is 2.49. The third-order valence-corrected chi connectivity index (χ3v) is 5.37. The lowest BCUT2D eigenvalue weighted by Crippen LogP contribution is -2.24. The van der Waals surface area contributed by atoms with E-state index in [4.69, 9.17) is 12.2 Å². The molecule has 4 heteroatoms. The molecule has 0 bridgehead atoms. The molecule has 102 valence electrons. The van der Waals surface area contributed by atoms with Crippen LogP contribution >= 0.6 is 34.8 Å². The molecule has 1 aromatic heterocycles. The first kappa shape index (κ1) is 13.6. The zero-order chi connectivity index (χ0) is 13.6. The molecule has 2 nitrogen and oxygen atoms in total. The van der Waals surface area contributed by atoms with Crippen molar-refractivity contribution in [3.05, 3.63) is 26.5 Å². The molecule has 1 saturated carbocycles. The molecule has 19 heavy (non-hydrogen) atoms. The van der Waals surface area contributed by atoms with Gasteiger partial charge in [0.25, 0.3) is 0 Å². The molecule has 1 fully saturated rings. The number of nitrogens with one attached hydrogen (secondary N) is 1. The van der Waals surface area contributed by atoms with E-state index in [1.165, 1.54) is 33.9 Å². The summed E-state index contributed by atoms with van der Waals surface area (Å²) in [5.74, 6) is 1.56. The van der Waals surface area contributed by atoms with Crippen LogP contribution < -0.4 is 0 Å². The highest BCUT2D eigenvalue weighted by Crippen LogP contribution is 2.38. The van der Waals surface area contributed by atoms with Gasteiger partial charge in [0.05, 0.1) is 11.0 Å². The van der Waals surface area contributed by atoms with Gasteiger partial charge in [0.1, 0.15) is 0 Å². The number of rotatable bonds is 1. The van der Waals surface area contributed by atoms with E-state index < -0.39 is 0 Å². The molecule has 1 heterocycles. The molecule has 1 aliphatic carbocycles. The molecule has 0 radical (unpaired) electrons. The molecule has 1 aliphatic rings. The minimum Gasteiger partial charge on any atom is -0.331 e. The van der Waals surface area contributed by atoms with Crippen molar-refractivity contribution in [3.8, 4) is 0 Å². The maximum Gasteiger partial charge on any atom is 0.178 e. The summed E-state index contributed by atoms with van der Waals surface area (Å²) in [5, 5.41) is 0. The number of halogens is 1. The van der Waals surface area contributed by atoms with Gasteiger partial charge >= 0.3 is 0 Å². The fourth-order valence-corrected chi connectivity index (χ4v) is 4.30. The molecule has 1 aromatic carbocycles. The largest absolute Gasteiger partial charge is 0.331 e. The lowest BCUT2D eigenvalue weighted by molar-refractivity contribution is 0.210. The minimum atomic E-state index is 0.553. The van der Waals surface area contributed by atoms with E-state index in [-0.39, 0.29) is 0 Å². The van der Waals surface area contributed by atoms with E-state index in [2.05, 4.69) is 64.2 Å². The van der Waals surface area contributed by atoms with Crippen molar-refractivity contribution in [3.63, 3.8) is 0 Å². The summed E-state index contributed by atoms with van der Waals surface area (Å²) < 4.78 is 4.49. The molecule has 2 aromatic rings. The van der Waals surface area contributed by atoms with Crippen LogP contribution in [-0.4, -0.2) is 9.55 Å². The number of fused-ring (bicyclic) bond motifs is 1. The summed E-state index contributed by atoms with van der Waals surface area (Å²) in [6, 6.07) is 7.10. The van der Waals surface area contributed by atoms with Crippen molar-refractivity contribution in [2.24, 2.45) is 11.8 Å². The summed E-state index contributed by atoms with van der Waals surface area (Å²) in [6.07, 6.45) is 3.87. The van der Waals surface area contributed by atoms with Crippen LogP contribution in [0.3, 0.4) is 0 Å². The highest BCUT2D eigenvalue weighted by molar-refractivity contribution is 14.1. The standard InChI is InChI=1S/C15H19IN2S/c1-9-3-5-13(10(2)7-9)18-14-6-4-11(16)8-12(14)17-15(18)19/h4,6,8-10,13H,3,5,7H2,1-2H3,(H,17,19). The van der Waals surface area contributed by atoms with Gasteiger partial charge in [-0.1, -0.05) is 13.8 Å². The van der Waals surface area contributed by atoms with Gasteiger partial charge in [0.15, 0.2) is 4.77 Å². The second-order valence-electron chi connectivity index (χ2n) is 5.92. The zero-order valence-corrected chi connectivity index (χ0v) is 14.3. The topological polar surface area (TPSA) is 20.7 Å². The van der Waals surface area contributed by atoms with Crippen molar-refractivity contribution in [2.45, 2.75) is 39.2 Å². The van der Waals surface area contributed by atoms with Gasteiger partial charge in [-0.25, -0.2) is 0 Å². The van der Waals surface area contributed by atoms with Crippen LogP contribution in [0.2, 0.25) is 0 Å². The summed E-state index contributed by atoms with van der Waals surface area (Å²) in [4.78, 5) is 3.37. The normalized spacial score (nSPS) is 27.8. The quantitative estimate of drug-likeness (QED) is 0.521. The van der Waals surface area contributed by atoms with E-state index in [9.17, 15) is 0 Å². The molecular weight excluding hydrogens is 367 g/mol. The highest BCUT2D eigenvalue weighted by Gasteiger charge is 2.28. The molecular formula is C15H19IN2S. The van der Waals surface area contributed by atoms with Crippen molar-refractivity contribution in [1.29, 1.82) is 0 Å². The predicted octanol–water partition coefficient (Wildman–Crippen LogP) is 5.30. The van der Waals surface area contributed by atoms with Crippen LogP contribution in [0.15, 0.2) is 18.2 Å². The Morgan fingerprint density at radius 1 is 1.32 bits per heavy atom. The van der Waals surface area contributed by atoms with E-state index in [1.807, 2.05) is 0 Å². The van der Waals surface area contributed by atoms with Gasteiger partial charge in [-0.3, -0.25) is 0 Å². The number of imidazole rings is 1. The van der Waals surface area contributed by atoms with E-state index in [1.54, 1.807) is 0 Å². The molecule has 3 atom stereocenters. The first-order valence-electron chi connectivity index (χ1n) is 6.96. The summed E-state index contributed by atoms with van der Waals surface area (Å²) >= 11 is 7.91. The van der Waals surface area contributed by atoms with Crippen molar-refractivity contribution >= 4 is 45.8 Å². The predicted molar refractivity (Wildman–Crippen MR) is 91.1 cm³/mol. The molecule has 0 spiro atoms. The molecule has 3 rings (SSSR count). The zero-order valence-electron chi connectivity index (χ0n) is 11.3. The Bertz CT molecular complexity index is 658. The number of nitrogens with zero attached hydrogens (tertiary/aromatic N) is 1. The Kier molecular flexibility index (Phi) is 3.73. The Morgan fingerprint density at radius 3 is 2.84 bits per heavy atom. The van der Waals surface area contributed by atoms with Crippen molar-refractivity contribution in [1.82, 2.24) is 9.55 Å². The fraction of sp³-hybridized carbons (Fsp3) is 0.533. The minimum absolute atomic E-state index is 0.553. The average Bonchev–Trinajstić information content (AvgIpc) is 2.65. The van der Waals surface area contributed by atoms with Crippen LogP contribution in [0.5, 0.6) is 0 Å². The van der Waals surface area contributed by atoms with Crippen LogP contribution in [0, 0.1) is 20.2 Å². The number of aromatic amines is 1. The van der Waals surface area contributed by atoms with E-state index >= 15 is 0 Å². The lowest BCUT2D eigenvalue weighted by atomic mass is 9.79. The van der Waals surface area contributed by atoms with Gasteiger partial charge in [-0.05, 0) is 84.1 Å². The van der Waals surface area contributed by atoms with Crippen LogP contribution in [0.1, 0.15) is 39.2 Å². The molecule has 1 N–H and O–H groups in total. The number of H-pyrrole nitrogens is 1. The molecule has 0 aliphatic heterocycles. The van der Waals surface area contributed by atoms with Crippen molar-refractivity contribution in [2.75, 3.05) is 0 Å². The Balaban J connectivity index is 2.09.